The number of carbonyl (C=O) groups excluding carboxylic acids is 3. The molecule has 1 unspecified atom stereocenters. The Labute approximate surface area is 219 Å². The number of oxime groups is 1. The number of furan rings is 1. The zero-order valence-electron chi connectivity index (χ0n) is 19.7. The van der Waals surface area contributed by atoms with Gasteiger partial charge in [0.05, 0.1) is 6.26 Å². The van der Waals surface area contributed by atoms with Gasteiger partial charge in [-0.25, -0.2) is 14.6 Å². The Morgan fingerprint density at radius 1 is 1.27 bits per heavy atom. The molecule has 0 saturated carbocycles. The van der Waals surface area contributed by atoms with Crippen LogP contribution in [-0.4, -0.2) is 62.3 Å². The molecular weight excluding hydrogens is 518 g/mol. The van der Waals surface area contributed by atoms with E-state index in [4.69, 9.17) is 19.7 Å². The Hall–Kier alpha value is -3.81. The predicted octanol–water partition coefficient (Wildman–Crippen LogP) is 2.35. The van der Waals surface area contributed by atoms with Crippen LogP contribution in [-0.2, 0) is 31.0 Å². The van der Waals surface area contributed by atoms with E-state index in [1.807, 2.05) is 42.1 Å². The average Bonchev–Trinajstić information content (AvgIpc) is 3.59. The molecule has 4 heterocycles. The first-order chi connectivity index (χ1) is 17.9. The van der Waals surface area contributed by atoms with Crippen molar-refractivity contribution in [2.75, 3.05) is 12.9 Å². The third-order valence-corrected chi connectivity index (χ3v) is 8.23. The van der Waals surface area contributed by atoms with Crippen molar-refractivity contribution in [3.8, 4) is 11.4 Å². The Kier molecular flexibility index (Phi) is 6.91. The monoisotopic (exact) mass is 539 g/mol. The van der Waals surface area contributed by atoms with E-state index < -0.39 is 29.3 Å². The second kappa shape index (κ2) is 10.3. The summed E-state index contributed by atoms with van der Waals surface area (Å²) in [5.74, 6) is -1.20. The van der Waals surface area contributed by atoms with Gasteiger partial charge < -0.3 is 24.3 Å². The molecule has 37 heavy (non-hydrogen) atoms. The minimum absolute atomic E-state index is 0.0156. The zero-order chi connectivity index (χ0) is 26.1. The Morgan fingerprint density at radius 3 is 2.70 bits per heavy atom. The molecule has 2 aliphatic heterocycles. The third-order valence-electron chi connectivity index (χ3n) is 5.66. The summed E-state index contributed by atoms with van der Waals surface area (Å²) in [4.78, 5) is 50.4. The number of fused-ring (bicyclic) bond motifs is 1. The van der Waals surface area contributed by atoms with E-state index in [-0.39, 0.29) is 17.2 Å². The van der Waals surface area contributed by atoms with E-state index in [0.717, 1.165) is 16.3 Å². The summed E-state index contributed by atoms with van der Waals surface area (Å²) in [6.07, 6.45) is 4.93. The SMILES string of the molecule is CON=C(C(=O)OC(=O)C1=C(Sc2ccc(-c3nccn3C)cc2)CS[C@H]2C(N)C(=O)N12)c1ccco1. The van der Waals surface area contributed by atoms with Crippen LogP contribution in [0.4, 0.5) is 0 Å². The summed E-state index contributed by atoms with van der Waals surface area (Å²) < 4.78 is 12.2. The topological polar surface area (TPSA) is 142 Å². The lowest BCUT2D eigenvalue weighted by Gasteiger charge is -2.48. The van der Waals surface area contributed by atoms with Crippen molar-refractivity contribution >= 4 is 47.1 Å². The molecule has 1 saturated heterocycles. The molecule has 2 aromatic heterocycles. The highest BCUT2D eigenvalue weighted by Crippen LogP contribution is 2.45. The number of nitrogens with two attached hydrogens (primary N) is 1. The summed E-state index contributed by atoms with van der Waals surface area (Å²) in [5.41, 5.74) is 6.54. The van der Waals surface area contributed by atoms with Crippen LogP contribution in [0.1, 0.15) is 5.76 Å². The fourth-order valence-electron chi connectivity index (χ4n) is 3.88. The van der Waals surface area contributed by atoms with E-state index in [9.17, 15) is 14.4 Å². The lowest BCUT2D eigenvalue weighted by Crippen LogP contribution is -2.68. The third kappa shape index (κ3) is 4.68. The minimum atomic E-state index is -1.08. The maximum atomic E-state index is 13.3. The van der Waals surface area contributed by atoms with Crippen LogP contribution in [0.25, 0.3) is 11.4 Å². The molecule has 1 aromatic carbocycles. The van der Waals surface area contributed by atoms with Gasteiger partial charge in [-0.15, -0.1) is 11.8 Å². The van der Waals surface area contributed by atoms with Gasteiger partial charge in [0.1, 0.15) is 30.0 Å². The first-order valence-corrected chi connectivity index (χ1v) is 12.9. The van der Waals surface area contributed by atoms with Gasteiger partial charge in [-0.2, -0.15) is 0 Å². The number of hydrogen-bond acceptors (Lipinski definition) is 11. The number of nitrogens with zero attached hydrogens (tertiary/aromatic N) is 4. The van der Waals surface area contributed by atoms with Crippen LogP contribution < -0.4 is 5.73 Å². The molecule has 0 aliphatic carbocycles. The summed E-state index contributed by atoms with van der Waals surface area (Å²) in [5, 5.41) is 3.21. The Bertz CT molecular complexity index is 1410. The van der Waals surface area contributed by atoms with Gasteiger partial charge in [-0.3, -0.25) is 9.69 Å². The number of aryl methyl sites for hydroxylation is 1. The Balaban J connectivity index is 1.42. The van der Waals surface area contributed by atoms with Crippen molar-refractivity contribution in [1.82, 2.24) is 14.5 Å². The molecular formula is C24H21N5O6S2. The van der Waals surface area contributed by atoms with Crippen LogP contribution in [0.2, 0.25) is 0 Å². The zero-order valence-corrected chi connectivity index (χ0v) is 21.3. The first-order valence-electron chi connectivity index (χ1n) is 11.0. The van der Waals surface area contributed by atoms with Crippen molar-refractivity contribution in [3.05, 3.63) is 71.4 Å². The second-order valence-corrected chi connectivity index (χ2v) is 10.2. The molecule has 2 N–H and O–H groups in total. The fourth-order valence-corrected chi connectivity index (χ4v) is 6.30. The summed E-state index contributed by atoms with van der Waals surface area (Å²) >= 11 is 2.75. The second-order valence-electron chi connectivity index (χ2n) is 7.97. The fraction of sp³-hybridized carbons (Fsp3) is 0.208. The van der Waals surface area contributed by atoms with Crippen LogP contribution in [0.15, 0.2) is 80.1 Å². The van der Waals surface area contributed by atoms with Crippen LogP contribution in [0, 0.1) is 0 Å². The molecule has 3 aromatic rings. The normalized spacial score (nSPS) is 19.4. The van der Waals surface area contributed by atoms with Gasteiger partial charge in [0.2, 0.25) is 11.6 Å². The lowest BCUT2D eigenvalue weighted by molar-refractivity contribution is -0.157. The highest BCUT2D eigenvalue weighted by molar-refractivity contribution is 8.06. The van der Waals surface area contributed by atoms with Crippen molar-refractivity contribution in [1.29, 1.82) is 0 Å². The van der Waals surface area contributed by atoms with Gasteiger partial charge in [0.25, 0.3) is 0 Å². The number of benzene rings is 1. The predicted molar refractivity (Wildman–Crippen MR) is 136 cm³/mol. The van der Waals surface area contributed by atoms with Gasteiger partial charge in [-0.1, -0.05) is 29.1 Å². The number of hydrogen-bond donors (Lipinski definition) is 1. The molecule has 1 amide bonds. The number of β-lactam (4-membered cyclic amide) rings is 1. The maximum absolute atomic E-state index is 13.3. The number of thioether (sulfide) groups is 2. The maximum Gasteiger partial charge on any atom is 0.372 e. The number of ether oxygens (including phenoxy) is 1. The Morgan fingerprint density at radius 2 is 2.05 bits per heavy atom. The van der Waals surface area contributed by atoms with Gasteiger partial charge in [-0.05, 0) is 24.3 Å². The molecule has 1 fully saturated rings. The van der Waals surface area contributed by atoms with E-state index in [1.165, 1.54) is 47.9 Å². The number of carbonyl (C=O) groups is 3. The van der Waals surface area contributed by atoms with E-state index >= 15 is 0 Å². The number of aromatic nitrogens is 2. The van der Waals surface area contributed by atoms with Crippen molar-refractivity contribution in [2.45, 2.75) is 16.3 Å². The number of esters is 2. The van der Waals surface area contributed by atoms with Crippen LogP contribution >= 0.6 is 23.5 Å². The molecule has 11 nitrogen and oxygen atoms in total. The van der Waals surface area contributed by atoms with Gasteiger partial charge >= 0.3 is 11.9 Å². The lowest BCUT2D eigenvalue weighted by atomic mass is 10.1. The van der Waals surface area contributed by atoms with Crippen LogP contribution in [0.3, 0.4) is 0 Å². The average molecular weight is 540 g/mol. The molecule has 2 atom stereocenters. The quantitative estimate of drug-likeness (QED) is 0.156. The highest BCUT2D eigenvalue weighted by Gasteiger charge is 2.52. The van der Waals surface area contributed by atoms with Gasteiger partial charge in [0.15, 0.2) is 5.76 Å². The number of rotatable bonds is 7. The van der Waals surface area contributed by atoms with Crippen LogP contribution in [0.5, 0.6) is 0 Å². The molecule has 0 spiro atoms. The minimum Gasteiger partial charge on any atom is -0.462 e. The van der Waals surface area contributed by atoms with E-state index in [2.05, 4.69) is 10.1 Å². The standard InChI is InChI=1S/C24H21N5O6S2/c1-28-10-9-26-20(28)13-5-7-14(8-6-13)37-16-12-36-22-17(25)21(30)29(22)19(16)24(32)35-23(31)18(27-33-2)15-4-3-11-34-15/h3-11,17,22H,12,25H2,1-2H3/t17?,22-/m0/s1. The first kappa shape index (κ1) is 24.9. The van der Waals surface area contributed by atoms with Crippen molar-refractivity contribution < 1.29 is 28.4 Å². The van der Waals surface area contributed by atoms with E-state index in [0.29, 0.717) is 10.7 Å². The smallest absolute Gasteiger partial charge is 0.372 e. The highest BCUT2D eigenvalue weighted by atomic mass is 32.2. The van der Waals surface area contributed by atoms with E-state index in [1.54, 1.807) is 12.3 Å². The summed E-state index contributed by atoms with van der Waals surface area (Å²) in [7, 11) is 3.16. The molecule has 0 radical (unpaired) electrons. The number of imidazole rings is 1. The summed E-state index contributed by atoms with van der Waals surface area (Å²) in [6.45, 7) is 0. The molecule has 2 aliphatic rings. The van der Waals surface area contributed by atoms with Crippen molar-refractivity contribution in [3.63, 3.8) is 0 Å². The molecule has 5 rings (SSSR count). The largest absolute Gasteiger partial charge is 0.462 e. The molecule has 190 valence electrons. The van der Waals surface area contributed by atoms with Gasteiger partial charge in [0, 0.05) is 40.6 Å². The molecule has 0 bridgehead atoms. The number of amides is 1. The summed E-state index contributed by atoms with van der Waals surface area (Å²) in [6, 6.07) is 9.94. The molecule has 13 heteroatoms. The van der Waals surface area contributed by atoms with Crippen molar-refractivity contribution in [2.24, 2.45) is 17.9 Å².